The molecule has 0 unspecified atom stereocenters. The molecule has 64 heavy (non-hydrogen) atoms. The van der Waals surface area contributed by atoms with Gasteiger partial charge in [0.15, 0.2) is 0 Å². The highest BCUT2D eigenvalue weighted by molar-refractivity contribution is 7.86. The molecule has 0 fully saturated rings. The molecule has 0 bridgehead atoms. The summed E-state index contributed by atoms with van der Waals surface area (Å²) in [7, 11) is -4.77. The van der Waals surface area contributed by atoms with Crippen molar-refractivity contribution in [2.24, 2.45) is 0 Å². The molecule has 0 aliphatic heterocycles. The third kappa shape index (κ3) is 35.8. The number of unbranched alkanes of at least 4 members (excludes halogenated alkanes) is 36. The largest absolute Gasteiger partial charge is 0.462 e. The van der Waals surface area contributed by atoms with Crippen LogP contribution in [-0.2, 0) is 19.6 Å². The molecule has 0 heterocycles. The van der Waals surface area contributed by atoms with Crippen molar-refractivity contribution in [2.45, 2.75) is 276 Å². The van der Waals surface area contributed by atoms with Crippen LogP contribution in [-0.4, -0.2) is 38.1 Å². The van der Waals surface area contributed by atoms with E-state index >= 15 is 0 Å². The smallest absolute Gasteiger partial charge is 0.340 e. The summed E-state index contributed by atoms with van der Waals surface area (Å²) < 4.78 is 45.1. The van der Waals surface area contributed by atoms with Crippen molar-refractivity contribution < 1.29 is 32.0 Å². The zero-order valence-corrected chi connectivity index (χ0v) is 42.4. The maximum atomic E-state index is 13.1. The zero-order chi connectivity index (χ0) is 46.4. The Hall–Kier alpha value is -2.45. The second kappa shape index (κ2) is 44.4. The molecule has 7 nitrogen and oxygen atoms in total. The molecule has 0 spiro atoms. The summed E-state index contributed by atoms with van der Waals surface area (Å²) in [6.07, 6.45) is 59.3. The minimum Gasteiger partial charge on any atom is -0.462 e. The molecule has 1 N–H and O–H groups in total. The van der Waals surface area contributed by atoms with Crippen LogP contribution in [0.4, 0.5) is 0 Å². The molecular formula is C56H98O7S. The highest BCUT2D eigenvalue weighted by Gasteiger charge is 2.28. The first-order valence-electron chi connectivity index (χ1n) is 27.1. The molecule has 0 saturated carbocycles. The van der Waals surface area contributed by atoms with Gasteiger partial charge in [0.1, 0.15) is 4.90 Å². The normalized spacial score (nSPS) is 11.9. The Kier molecular flexibility index (Phi) is 41.3. The van der Waals surface area contributed by atoms with Crippen LogP contribution in [0.25, 0.3) is 0 Å². The molecule has 0 radical (unpaired) electrons. The maximum Gasteiger partial charge on any atom is 0.340 e. The molecule has 0 saturated heterocycles. The molecule has 0 atom stereocenters. The van der Waals surface area contributed by atoms with Gasteiger partial charge in [0.05, 0.1) is 24.3 Å². The van der Waals surface area contributed by atoms with Crippen molar-refractivity contribution in [3.05, 3.63) is 53.6 Å². The van der Waals surface area contributed by atoms with E-state index in [1.54, 1.807) is 0 Å². The van der Waals surface area contributed by atoms with Crippen molar-refractivity contribution in [3.8, 4) is 0 Å². The van der Waals surface area contributed by atoms with Gasteiger partial charge in [-0.2, -0.15) is 8.42 Å². The maximum absolute atomic E-state index is 13.1. The van der Waals surface area contributed by atoms with Crippen LogP contribution in [0.1, 0.15) is 291 Å². The van der Waals surface area contributed by atoms with E-state index in [9.17, 15) is 22.6 Å². The number of ether oxygens (including phenoxy) is 2. The van der Waals surface area contributed by atoms with Gasteiger partial charge in [-0.1, -0.05) is 237 Å². The van der Waals surface area contributed by atoms with Gasteiger partial charge in [0.2, 0.25) is 0 Å². The quantitative estimate of drug-likeness (QED) is 0.0300. The Morgan fingerprint density at radius 1 is 0.422 bits per heavy atom. The number of benzene rings is 1. The first-order chi connectivity index (χ1) is 31.3. The number of esters is 2. The first-order valence-corrected chi connectivity index (χ1v) is 28.5. The third-order valence-electron chi connectivity index (χ3n) is 12.5. The van der Waals surface area contributed by atoms with Crippen molar-refractivity contribution in [3.63, 3.8) is 0 Å². The third-order valence-corrected chi connectivity index (χ3v) is 13.4. The number of carbonyl (C=O) groups is 2. The second-order valence-electron chi connectivity index (χ2n) is 18.5. The molecule has 0 aliphatic rings. The Labute approximate surface area is 394 Å². The lowest BCUT2D eigenvalue weighted by Crippen LogP contribution is -2.19. The fraction of sp³-hybridized carbons (Fsp3) is 0.786. The molecule has 8 heteroatoms. The molecule has 1 aromatic carbocycles. The number of allylic oxidation sites excluding steroid dienone is 4. The number of hydrogen-bond donors (Lipinski definition) is 1. The Bertz CT molecular complexity index is 1400. The average Bonchev–Trinajstić information content (AvgIpc) is 3.28. The van der Waals surface area contributed by atoms with E-state index in [4.69, 9.17) is 9.47 Å². The Morgan fingerprint density at radius 2 is 0.703 bits per heavy atom. The van der Waals surface area contributed by atoms with Crippen LogP contribution >= 0.6 is 0 Å². The topological polar surface area (TPSA) is 107 Å². The SMILES string of the molecule is CCCCCCCCCCCCC/C=C/CCCCCCCCCOC(=O)c1cccc(S(=O)(=O)O)c1C(=O)OCCCCCCCCC/C=C/CCCCCCCCCCCCC. The minimum atomic E-state index is -4.77. The van der Waals surface area contributed by atoms with Gasteiger partial charge < -0.3 is 9.47 Å². The van der Waals surface area contributed by atoms with Crippen LogP contribution in [0.15, 0.2) is 47.4 Å². The van der Waals surface area contributed by atoms with E-state index in [0.29, 0.717) is 12.8 Å². The van der Waals surface area contributed by atoms with Crippen LogP contribution in [0, 0.1) is 0 Å². The molecule has 370 valence electrons. The molecule has 0 aliphatic carbocycles. The molecule has 0 aromatic heterocycles. The molecule has 1 aromatic rings. The summed E-state index contributed by atoms with van der Waals surface area (Å²) in [6.45, 7) is 4.83. The predicted octanol–water partition coefficient (Wildman–Crippen LogP) is 18.0. The second-order valence-corrected chi connectivity index (χ2v) is 19.9. The van der Waals surface area contributed by atoms with Crippen molar-refractivity contribution in [2.75, 3.05) is 13.2 Å². The van der Waals surface area contributed by atoms with E-state index in [1.165, 1.54) is 205 Å². The van der Waals surface area contributed by atoms with Crippen LogP contribution in [0.5, 0.6) is 0 Å². The standard InChI is InChI=1S/C56H98O7S/c1-3-5-7-9-11-13-15-17-19-21-23-25-27-29-31-33-35-37-39-41-43-45-50-62-55(57)52-48-47-49-53(64(59,60)61)54(52)56(58)63-51-46-44-42-40-38-36-34-32-30-28-26-24-22-20-18-16-14-12-10-8-6-4-2/h27-30,47-49H,3-26,31-46,50-51H2,1-2H3,(H,59,60,61)/b29-27+,30-28+. The van der Waals surface area contributed by atoms with Crippen LogP contribution < -0.4 is 0 Å². The van der Waals surface area contributed by atoms with E-state index in [1.807, 2.05) is 0 Å². The highest BCUT2D eigenvalue weighted by atomic mass is 32.2. The molecule has 1 rings (SSSR count). The van der Waals surface area contributed by atoms with Gasteiger partial charge >= 0.3 is 11.9 Å². The van der Waals surface area contributed by atoms with Gasteiger partial charge in [-0.3, -0.25) is 4.55 Å². The fourth-order valence-electron chi connectivity index (χ4n) is 8.43. The Balaban J connectivity index is 2.13. The summed E-state index contributed by atoms with van der Waals surface area (Å²) in [4.78, 5) is 25.5. The minimum absolute atomic E-state index is 0.104. The van der Waals surface area contributed by atoms with E-state index in [-0.39, 0.29) is 18.8 Å². The van der Waals surface area contributed by atoms with Crippen molar-refractivity contribution in [1.82, 2.24) is 0 Å². The van der Waals surface area contributed by atoms with E-state index in [2.05, 4.69) is 38.2 Å². The zero-order valence-electron chi connectivity index (χ0n) is 41.5. The van der Waals surface area contributed by atoms with Gasteiger partial charge in [-0.15, -0.1) is 0 Å². The fourth-order valence-corrected chi connectivity index (χ4v) is 9.13. The lowest BCUT2D eigenvalue weighted by molar-refractivity contribution is 0.0446. The first kappa shape index (κ1) is 59.6. The number of rotatable bonds is 47. The van der Waals surface area contributed by atoms with Crippen molar-refractivity contribution in [1.29, 1.82) is 0 Å². The predicted molar refractivity (Wildman–Crippen MR) is 271 cm³/mol. The van der Waals surface area contributed by atoms with Crippen LogP contribution in [0.3, 0.4) is 0 Å². The van der Waals surface area contributed by atoms with Gasteiger partial charge in [0.25, 0.3) is 10.1 Å². The van der Waals surface area contributed by atoms with Crippen LogP contribution in [0.2, 0.25) is 0 Å². The summed E-state index contributed by atoms with van der Waals surface area (Å²) in [5.41, 5.74) is -0.677. The van der Waals surface area contributed by atoms with Gasteiger partial charge in [-0.05, 0) is 76.3 Å². The number of carbonyl (C=O) groups excluding carboxylic acids is 2. The van der Waals surface area contributed by atoms with Gasteiger partial charge in [0, 0.05) is 0 Å². The summed E-state index contributed by atoms with van der Waals surface area (Å²) in [6, 6.07) is 3.77. The summed E-state index contributed by atoms with van der Waals surface area (Å²) in [5.74, 6) is -1.74. The lowest BCUT2D eigenvalue weighted by atomic mass is 10.0. The monoisotopic (exact) mass is 915 g/mol. The van der Waals surface area contributed by atoms with Gasteiger partial charge in [-0.25, -0.2) is 9.59 Å². The van der Waals surface area contributed by atoms with E-state index < -0.39 is 32.5 Å². The lowest BCUT2D eigenvalue weighted by Gasteiger charge is -2.13. The summed E-state index contributed by atoms with van der Waals surface area (Å²) in [5, 5.41) is 0. The van der Waals surface area contributed by atoms with Crippen molar-refractivity contribution >= 4 is 22.1 Å². The molecular weight excluding hydrogens is 817 g/mol. The average molecular weight is 915 g/mol. The Morgan fingerprint density at radius 3 is 1.02 bits per heavy atom. The highest BCUT2D eigenvalue weighted by Crippen LogP contribution is 2.23. The molecule has 0 amide bonds. The summed E-state index contributed by atoms with van der Waals surface area (Å²) >= 11 is 0. The van der Waals surface area contributed by atoms with E-state index in [0.717, 1.165) is 57.4 Å². The number of hydrogen-bond acceptors (Lipinski definition) is 6.